The first-order chi connectivity index (χ1) is 9.31. The van der Waals surface area contributed by atoms with Crippen molar-refractivity contribution in [3.05, 3.63) is 71.5 Å². The third-order valence-electron chi connectivity index (χ3n) is 2.61. The Bertz CT molecular complexity index is 558. The Kier molecular flexibility index (Phi) is 4.70. The SMILES string of the molecule is C=CCN(C(=O)/C=C/c1ccsc1)c1ccccc1. The van der Waals surface area contributed by atoms with Crippen LogP contribution in [0.1, 0.15) is 5.56 Å². The van der Waals surface area contributed by atoms with Crippen LogP contribution in [0.25, 0.3) is 6.08 Å². The van der Waals surface area contributed by atoms with Gasteiger partial charge in [0, 0.05) is 18.3 Å². The number of rotatable bonds is 5. The Morgan fingerprint density at radius 1 is 1.26 bits per heavy atom. The molecule has 0 saturated heterocycles. The molecule has 2 aromatic rings. The fraction of sp³-hybridized carbons (Fsp3) is 0.0625. The molecule has 1 heterocycles. The van der Waals surface area contributed by atoms with E-state index in [0.717, 1.165) is 11.3 Å². The number of carbonyl (C=O) groups is 1. The number of carbonyl (C=O) groups excluding carboxylic acids is 1. The first-order valence-electron chi connectivity index (χ1n) is 5.99. The summed E-state index contributed by atoms with van der Waals surface area (Å²) in [5, 5.41) is 3.99. The normalized spacial score (nSPS) is 10.5. The molecule has 0 N–H and O–H groups in total. The van der Waals surface area contributed by atoms with Gasteiger partial charge >= 0.3 is 0 Å². The molecule has 0 radical (unpaired) electrons. The predicted octanol–water partition coefficient (Wildman–Crippen LogP) is 3.98. The summed E-state index contributed by atoms with van der Waals surface area (Å²) in [4.78, 5) is 13.9. The minimum atomic E-state index is -0.0442. The van der Waals surface area contributed by atoms with Gasteiger partial charge in [0.15, 0.2) is 0 Å². The molecule has 0 unspecified atom stereocenters. The zero-order valence-corrected chi connectivity index (χ0v) is 11.3. The molecule has 1 amide bonds. The third kappa shape index (κ3) is 3.66. The smallest absolute Gasteiger partial charge is 0.251 e. The average molecular weight is 269 g/mol. The van der Waals surface area contributed by atoms with Crippen molar-refractivity contribution in [2.75, 3.05) is 11.4 Å². The highest BCUT2D eigenvalue weighted by Gasteiger charge is 2.10. The second-order valence-corrected chi connectivity index (χ2v) is 4.74. The first kappa shape index (κ1) is 13.3. The van der Waals surface area contributed by atoms with Gasteiger partial charge in [0.05, 0.1) is 0 Å². The van der Waals surface area contributed by atoms with Crippen LogP contribution >= 0.6 is 11.3 Å². The van der Waals surface area contributed by atoms with Gasteiger partial charge < -0.3 is 4.90 Å². The summed E-state index contributed by atoms with van der Waals surface area (Å²) in [6.07, 6.45) is 5.15. The maximum absolute atomic E-state index is 12.2. The van der Waals surface area contributed by atoms with Crippen LogP contribution in [0.2, 0.25) is 0 Å². The zero-order valence-electron chi connectivity index (χ0n) is 10.5. The van der Waals surface area contributed by atoms with Crippen molar-refractivity contribution in [2.24, 2.45) is 0 Å². The molecule has 0 saturated carbocycles. The van der Waals surface area contributed by atoms with E-state index in [1.807, 2.05) is 53.2 Å². The standard InChI is InChI=1S/C16H15NOS/c1-2-11-17(15-6-4-3-5-7-15)16(18)9-8-14-10-12-19-13-14/h2-10,12-13H,1,11H2/b9-8+. The summed E-state index contributed by atoms with van der Waals surface area (Å²) < 4.78 is 0. The van der Waals surface area contributed by atoms with Crippen molar-refractivity contribution in [1.29, 1.82) is 0 Å². The van der Waals surface area contributed by atoms with E-state index in [9.17, 15) is 4.79 Å². The molecule has 0 fully saturated rings. The fourth-order valence-electron chi connectivity index (χ4n) is 1.69. The van der Waals surface area contributed by atoms with E-state index in [1.54, 1.807) is 28.4 Å². The number of nitrogens with zero attached hydrogens (tertiary/aromatic N) is 1. The quantitative estimate of drug-likeness (QED) is 0.594. The van der Waals surface area contributed by atoms with Gasteiger partial charge in [-0.15, -0.1) is 6.58 Å². The number of anilines is 1. The second kappa shape index (κ2) is 6.71. The fourth-order valence-corrected chi connectivity index (χ4v) is 2.32. The largest absolute Gasteiger partial charge is 0.305 e. The summed E-state index contributed by atoms with van der Waals surface area (Å²) in [7, 11) is 0. The van der Waals surface area contributed by atoms with Gasteiger partial charge in [0.1, 0.15) is 0 Å². The predicted molar refractivity (Wildman–Crippen MR) is 82.3 cm³/mol. The highest BCUT2D eigenvalue weighted by Crippen LogP contribution is 2.14. The van der Waals surface area contributed by atoms with Gasteiger partial charge in [-0.25, -0.2) is 0 Å². The Morgan fingerprint density at radius 3 is 2.68 bits per heavy atom. The lowest BCUT2D eigenvalue weighted by atomic mass is 10.2. The highest BCUT2D eigenvalue weighted by molar-refractivity contribution is 7.08. The average Bonchev–Trinajstić information content (AvgIpc) is 2.96. The minimum Gasteiger partial charge on any atom is -0.305 e. The van der Waals surface area contributed by atoms with Crippen LogP contribution in [0.15, 0.2) is 65.9 Å². The zero-order chi connectivity index (χ0) is 13.5. The van der Waals surface area contributed by atoms with Gasteiger partial charge in [-0.1, -0.05) is 24.3 Å². The van der Waals surface area contributed by atoms with E-state index in [0.29, 0.717) is 6.54 Å². The molecule has 2 nitrogen and oxygen atoms in total. The number of amides is 1. The van der Waals surface area contributed by atoms with E-state index in [2.05, 4.69) is 6.58 Å². The van der Waals surface area contributed by atoms with E-state index >= 15 is 0 Å². The topological polar surface area (TPSA) is 20.3 Å². The van der Waals surface area contributed by atoms with Crippen LogP contribution in [-0.4, -0.2) is 12.5 Å². The highest BCUT2D eigenvalue weighted by atomic mass is 32.1. The molecule has 3 heteroatoms. The van der Waals surface area contributed by atoms with Gasteiger partial charge in [0.25, 0.3) is 5.91 Å². The number of thiophene rings is 1. The molecule has 19 heavy (non-hydrogen) atoms. The Labute approximate surface area is 117 Å². The second-order valence-electron chi connectivity index (χ2n) is 3.96. The maximum Gasteiger partial charge on any atom is 0.251 e. The lowest BCUT2D eigenvalue weighted by Gasteiger charge is -2.19. The van der Waals surface area contributed by atoms with Crippen molar-refractivity contribution in [2.45, 2.75) is 0 Å². The molecular formula is C16H15NOS. The summed E-state index contributed by atoms with van der Waals surface area (Å²) in [6.45, 7) is 4.20. The van der Waals surface area contributed by atoms with Crippen molar-refractivity contribution in [3.8, 4) is 0 Å². The lowest BCUT2D eigenvalue weighted by molar-refractivity contribution is -0.114. The molecule has 0 spiro atoms. The molecule has 2 rings (SSSR count). The van der Waals surface area contributed by atoms with E-state index in [-0.39, 0.29) is 5.91 Å². The van der Waals surface area contributed by atoms with Crippen molar-refractivity contribution >= 4 is 29.0 Å². The Morgan fingerprint density at radius 2 is 2.05 bits per heavy atom. The number of hydrogen-bond acceptors (Lipinski definition) is 2. The van der Waals surface area contributed by atoms with E-state index < -0.39 is 0 Å². The number of benzene rings is 1. The van der Waals surface area contributed by atoms with Crippen LogP contribution in [0.4, 0.5) is 5.69 Å². The minimum absolute atomic E-state index is 0.0442. The van der Waals surface area contributed by atoms with Crippen LogP contribution in [0.5, 0.6) is 0 Å². The van der Waals surface area contributed by atoms with Crippen molar-refractivity contribution in [3.63, 3.8) is 0 Å². The van der Waals surface area contributed by atoms with Gasteiger partial charge in [-0.3, -0.25) is 4.79 Å². The molecule has 0 atom stereocenters. The van der Waals surface area contributed by atoms with Gasteiger partial charge in [0.2, 0.25) is 0 Å². The van der Waals surface area contributed by atoms with E-state index in [1.165, 1.54) is 0 Å². The van der Waals surface area contributed by atoms with Crippen LogP contribution < -0.4 is 4.90 Å². The molecule has 0 aliphatic rings. The lowest BCUT2D eigenvalue weighted by Crippen LogP contribution is -2.29. The molecule has 96 valence electrons. The molecule has 0 aliphatic heterocycles. The summed E-state index contributed by atoms with van der Waals surface area (Å²) in [5.41, 5.74) is 1.92. The molecular weight excluding hydrogens is 254 g/mol. The molecule has 1 aromatic carbocycles. The van der Waals surface area contributed by atoms with Crippen molar-refractivity contribution < 1.29 is 4.79 Å². The van der Waals surface area contributed by atoms with Gasteiger partial charge in [-0.2, -0.15) is 11.3 Å². The van der Waals surface area contributed by atoms with Crippen LogP contribution in [0, 0.1) is 0 Å². The molecule has 0 aliphatic carbocycles. The number of para-hydroxylation sites is 1. The van der Waals surface area contributed by atoms with Crippen LogP contribution in [-0.2, 0) is 4.79 Å². The monoisotopic (exact) mass is 269 g/mol. The van der Waals surface area contributed by atoms with E-state index in [4.69, 9.17) is 0 Å². The first-order valence-corrected chi connectivity index (χ1v) is 6.93. The Hall–Kier alpha value is -2.13. The summed E-state index contributed by atoms with van der Waals surface area (Å²) in [6, 6.07) is 11.6. The number of hydrogen-bond donors (Lipinski definition) is 0. The summed E-state index contributed by atoms with van der Waals surface area (Å²) >= 11 is 1.61. The van der Waals surface area contributed by atoms with Crippen LogP contribution in [0.3, 0.4) is 0 Å². The Balaban J connectivity index is 2.15. The molecule has 0 bridgehead atoms. The summed E-state index contributed by atoms with van der Waals surface area (Å²) in [5.74, 6) is -0.0442. The third-order valence-corrected chi connectivity index (χ3v) is 3.31. The maximum atomic E-state index is 12.2. The van der Waals surface area contributed by atoms with Gasteiger partial charge in [-0.05, 0) is 40.6 Å². The van der Waals surface area contributed by atoms with Crippen molar-refractivity contribution in [1.82, 2.24) is 0 Å². The molecule has 1 aromatic heterocycles.